The molecule has 2 heterocycles. The van der Waals surface area contributed by atoms with Crippen molar-refractivity contribution in [3.8, 4) is 0 Å². The third-order valence-electron chi connectivity index (χ3n) is 5.92. The molecule has 0 aromatic heterocycles. The van der Waals surface area contributed by atoms with E-state index in [1.807, 2.05) is 0 Å². The smallest absolute Gasteiger partial charge is 0.242 e. The number of piperidine rings is 1. The first kappa shape index (κ1) is 15.3. The van der Waals surface area contributed by atoms with Gasteiger partial charge in [-0.05, 0) is 43.9 Å². The molecule has 1 spiro atoms. The highest BCUT2D eigenvalue weighted by molar-refractivity contribution is 5.86. The number of rotatable bonds is 1. The van der Waals surface area contributed by atoms with E-state index in [1.54, 1.807) is 0 Å². The highest BCUT2D eigenvalue weighted by Crippen LogP contribution is 2.42. The Balaban J connectivity index is 1.68. The second-order valence-electron chi connectivity index (χ2n) is 7.51. The van der Waals surface area contributed by atoms with E-state index in [9.17, 15) is 4.79 Å². The minimum atomic E-state index is -0.665. The minimum absolute atomic E-state index is 0.189. The summed E-state index contributed by atoms with van der Waals surface area (Å²) in [6, 6.07) is 0. The fourth-order valence-electron chi connectivity index (χ4n) is 4.53. The van der Waals surface area contributed by atoms with Crippen molar-refractivity contribution in [3.05, 3.63) is 0 Å². The normalized spacial score (nSPS) is 29.1. The van der Waals surface area contributed by atoms with E-state index in [0.717, 1.165) is 19.5 Å². The lowest BCUT2D eigenvalue weighted by Gasteiger charge is -2.46. The Morgan fingerprint density at radius 3 is 2.19 bits per heavy atom. The monoisotopic (exact) mass is 294 g/mol. The van der Waals surface area contributed by atoms with Gasteiger partial charge in [-0.2, -0.15) is 0 Å². The van der Waals surface area contributed by atoms with Gasteiger partial charge in [0.1, 0.15) is 0 Å². The van der Waals surface area contributed by atoms with Gasteiger partial charge < -0.3 is 15.4 Å². The first-order chi connectivity index (χ1) is 10.1. The summed E-state index contributed by atoms with van der Waals surface area (Å²) in [4.78, 5) is 15.0. The standard InChI is InChI=1S/C17H30N2O2/c18-17(9-12-21-13-10-17)15(20)19-11-5-8-16(14-19)6-3-1-2-4-7-16/h1-14,18H2. The molecule has 4 nitrogen and oxygen atoms in total. The molecule has 0 bridgehead atoms. The van der Waals surface area contributed by atoms with Gasteiger partial charge in [-0.1, -0.05) is 25.7 Å². The molecule has 1 aliphatic carbocycles. The summed E-state index contributed by atoms with van der Waals surface area (Å²) in [5, 5.41) is 0. The van der Waals surface area contributed by atoms with Crippen LogP contribution in [-0.4, -0.2) is 42.6 Å². The molecule has 2 aliphatic heterocycles. The van der Waals surface area contributed by atoms with E-state index in [2.05, 4.69) is 4.90 Å². The van der Waals surface area contributed by atoms with Crippen LogP contribution in [0.25, 0.3) is 0 Å². The highest BCUT2D eigenvalue weighted by Gasteiger charge is 2.43. The number of ether oxygens (including phenoxy) is 1. The molecule has 0 aromatic carbocycles. The average Bonchev–Trinajstić information content (AvgIpc) is 2.73. The van der Waals surface area contributed by atoms with Crippen LogP contribution in [-0.2, 0) is 9.53 Å². The molecule has 0 radical (unpaired) electrons. The number of carbonyl (C=O) groups excluding carboxylic acids is 1. The third kappa shape index (κ3) is 3.26. The first-order valence-corrected chi connectivity index (χ1v) is 8.80. The number of nitrogens with two attached hydrogens (primary N) is 1. The molecular weight excluding hydrogens is 264 g/mol. The van der Waals surface area contributed by atoms with Crippen LogP contribution in [0.15, 0.2) is 0 Å². The lowest BCUT2D eigenvalue weighted by molar-refractivity contribution is -0.144. The van der Waals surface area contributed by atoms with Crippen molar-refractivity contribution in [1.29, 1.82) is 0 Å². The molecule has 3 fully saturated rings. The quantitative estimate of drug-likeness (QED) is 0.808. The predicted octanol–water partition coefficient (Wildman–Crippen LogP) is 2.46. The summed E-state index contributed by atoms with van der Waals surface area (Å²) in [6.45, 7) is 3.11. The Morgan fingerprint density at radius 2 is 1.52 bits per heavy atom. The van der Waals surface area contributed by atoms with Gasteiger partial charge in [-0.3, -0.25) is 4.79 Å². The Labute approximate surface area is 128 Å². The van der Waals surface area contributed by atoms with Gasteiger partial charge in [-0.25, -0.2) is 0 Å². The summed E-state index contributed by atoms with van der Waals surface area (Å²) in [6.07, 6.45) is 11.8. The van der Waals surface area contributed by atoms with Crippen molar-refractivity contribution >= 4 is 5.91 Å². The average molecular weight is 294 g/mol. The maximum Gasteiger partial charge on any atom is 0.242 e. The van der Waals surface area contributed by atoms with Crippen molar-refractivity contribution < 1.29 is 9.53 Å². The first-order valence-electron chi connectivity index (χ1n) is 8.80. The molecule has 0 aromatic rings. The second kappa shape index (κ2) is 6.25. The van der Waals surface area contributed by atoms with Gasteiger partial charge in [0, 0.05) is 26.3 Å². The largest absolute Gasteiger partial charge is 0.381 e. The van der Waals surface area contributed by atoms with Crippen LogP contribution in [0, 0.1) is 5.41 Å². The number of carbonyl (C=O) groups is 1. The van der Waals surface area contributed by atoms with Crippen molar-refractivity contribution in [3.63, 3.8) is 0 Å². The van der Waals surface area contributed by atoms with Crippen LogP contribution in [0.1, 0.15) is 64.2 Å². The van der Waals surface area contributed by atoms with Crippen molar-refractivity contribution in [2.45, 2.75) is 69.7 Å². The third-order valence-corrected chi connectivity index (χ3v) is 5.92. The predicted molar refractivity (Wildman–Crippen MR) is 82.9 cm³/mol. The summed E-state index contributed by atoms with van der Waals surface area (Å²) in [5.41, 5.74) is 6.14. The molecule has 3 rings (SSSR count). The van der Waals surface area contributed by atoms with Gasteiger partial charge in [0.25, 0.3) is 0 Å². The van der Waals surface area contributed by atoms with Crippen LogP contribution in [0.4, 0.5) is 0 Å². The molecule has 21 heavy (non-hydrogen) atoms. The second-order valence-corrected chi connectivity index (χ2v) is 7.51. The lowest BCUT2D eigenvalue weighted by atomic mass is 9.73. The summed E-state index contributed by atoms with van der Waals surface area (Å²) < 4.78 is 5.38. The zero-order chi connectivity index (χ0) is 14.8. The van der Waals surface area contributed by atoms with Crippen molar-refractivity contribution in [1.82, 2.24) is 4.90 Å². The van der Waals surface area contributed by atoms with Crippen LogP contribution in [0.2, 0.25) is 0 Å². The van der Waals surface area contributed by atoms with Gasteiger partial charge in [0.05, 0.1) is 5.54 Å². The number of likely N-dealkylation sites (tertiary alicyclic amines) is 1. The molecule has 1 amide bonds. The Hall–Kier alpha value is -0.610. The van der Waals surface area contributed by atoms with Crippen LogP contribution in [0.3, 0.4) is 0 Å². The topological polar surface area (TPSA) is 55.6 Å². The number of hydrogen-bond donors (Lipinski definition) is 1. The number of hydrogen-bond acceptors (Lipinski definition) is 3. The Bertz CT molecular complexity index is 369. The Kier molecular flexibility index (Phi) is 4.55. The van der Waals surface area contributed by atoms with Crippen LogP contribution in [0.5, 0.6) is 0 Å². The van der Waals surface area contributed by atoms with E-state index in [0.29, 0.717) is 31.5 Å². The maximum atomic E-state index is 12.9. The summed E-state index contributed by atoms with van der Waals surface area (Å²) in [5.74, 6) is 0.189. The number of amides is 1. The van der Waals surface area contributed by atoms with Crippen LogP contribution >= 0.6 is 0 Å². The van der Waals surface area contributed by atoms with E-state index < -0.39 is 5.54 Å². The maximum absolute atomic E-state index is 12.9. The highest BCUT2D eigenvalue weighted by atomic mass is 16.5. The molecule has 0 unspecified atom stereocenters. The lowest BCUT2D eigenvalue weighted by Crippen LogP contribution is -2.60. The molecular formula is C17H30N2O2. The molecule has 3 aliphatic rings. The van der Waals surface area contributed by atoms with E-state index in [4.69, 9.17) is 10.5 Å². The van der Waals surface area contributed by atoms with E-state index >= 15 is 0 Å². The van der Waals surface area contributed by atoms with Crippen molar-refractivity contribution in [2.24, 2.45) is 11.1 Å². The molecule has 1 saturated carbocycles. The molecule has 2 saturated heterocycles. The van der Waals surface area contributed by atoms with E-state index in [1.165, 1.54) is 44.9 Å². The zero-order valence-electron chi connectivity index (χ0n) is 13.2. The van der Waals surface area contributed by atoms with Gasteiger partial charge in [-0.15, -0.1) is 0 Å². The molecule has 120 valence electrons. The molecule has 4 heteroatoms. The number of nitrogens with zero attached hydrogens (tertiary/aromatic N) is 1. The van der Waals surface area contributed by atoms with Gasteiger partial charge >= 0.3 is 0 Å². The van der Waals surface area contributed by atoms with Gasteiger partial charge in [0.2, 0.25) is 5.91 Å². The minimum Gasteiger partial charge on any atom is -0.381 e. The SMILES string of the molecule is NC1(C(=O)N2CCCC3(CCCCCC3)C2)CCOCC1. The van der Waals surface area contributed by atoms with E-state index in [-0.39, 0.29) is 5.91 Å². The Morgan fingerprint density at radius 1 is 0.905 bits per heavy atom. The summed E-state index contributed by atoms with van der Waals surface area (Å²) in [7, 11) is 0. The molecule has 0 atom stereocenters. The van der Waals surface area contributed by atoms with Crippen LogP contribution < -0.4 is 5.73 Å². The fourth-order valence-corrected chi connectivity index (χ4v) is 4.53. The fraction of sp³-hybridized carbons (Fsp3) is 0.941. The summed E-state index contributed by atoms with van der Waals surface area (Å²) >= 11 is 0. The van der Waals surface area contributed by atoms with Gasteiger partial charge in [0.15, 0.2) is 0 Å². The zero-order valence-corrected chi connectivity index (χ0v) is 13.2. The van der Waals surface area contributed by atoms with Crippen molar-refractivity contribution in [2.75, 3.05) is 26.3 Å². The molecule has 2 N–H and O–H groups in total.